The van der Waals surface area contributed by atoms with Crippen molar-refractivity contribution in [3.8, 4) is 5.75 Å². The smallest absolute Gasteiger partial charge is 0.408 e. The summed E-state index contributed by atoms with van der Waals surface area (Å²) in [6.07, 6.45) is -0.0345. The summed E-state index contributed by atoms with van der Waals surface area (Å²) in [7, 11) is 0. The first-order chi connectivity index (χ1) is 20.6. The predicted octanol–water partition coefficient (Wildman–Crippen LogP) is 7.07. The van der Waals surface area contributed by atoms with Gasteiger partial charge in [-0.3, -0.25) is 9.59 Å². The largest absolute Gasteiger partial charge is 0.508 e. The summed E-state index contributed by atoms with van der Waals surface area (Å²) in [5, 5.41) is 15.7. The van der Waals surface area contributed by atoms with Crippen molar-refractivity contribution in [3.63, 3.8) is 0 Å². The molecule has 0 saturated carbocycles. The number of para-hydroxylation sites is 1. The van der Waals surface area contributed by atoms with Crippen LogP contribution in [0.4, 0.5) is 10.5 Å². The van der Waals surface area contributed by atoms with Gasteiger partial charge in [0.25, 0.3) is 5.91 Å². The van der Waals surface area contributed by atoms with Crippen LogP contribution < -0.4 is 10.6 Å². The Balaban J connectivity index is 2.15. The minimum absolute atomic E-state index is 0.0936. The van der Waals surface area contributed by atoms with E-state index in [1.807, 2.05) is 77.9 Å². The quantitative estimate of drug-likeness (QED) is 0.230. The van der Waals surface area contributed by atoms with Crippen molar-refractivity contribution in [1.82, 2.24) is 10.2 Å². The molecule has 8 heteroatoms. The molecule has 0 fully saturated rings. The number of amides is 3. The lowest BCUT2D eigenvalue weighted by Crippen LogP contribution is -2.55. The summed E-state index contributed by atoms with van der Waals surface area (Å²) in [6.45, 7) is 16.9. The van der Waals surface area contributed by atoms with E-state index in [9.17, 15) is 19.5 Å². The predicted molar refractivity (Wildman–Crippen MR) is 175 cm³/mol. The number of phenols is 1. The third-order valence-corrected chi connectivity index (χ3v) is 7.66. The number of benzene rings is 3. The van der Waals surface area contributed by atoms with Gasteiger partial charge in [-0.05, 0) is 102 Å². The summed E-state index contributed by atoms with van der Waals surface area (Å²) < 4.78 is 5.53. The Morgan fingerprint density at radius 2 is 1.52 bits per heavy atom. The summed E-state index contributed by atoms with van der Waals surface area (Å²) in [6, 6.07) is 15.7. The second kappa shape index (κ2) is 14.4. The van der Waals surface area contributed by atoms with Gasteiger partial charge in [-0.1, -0.05) is 61.0 Å². The van der Waals surface area contributed by atoms with E-state index in [1.165, 1.54) is 12.1 Å². The van der Waals surface area contributed by atoms with Gasteiger partial charge >= 0.3 is 6.09 Å². The maximum atomic E-state index is 14.7. The fourth-order valence-corrected chi connectivity index (χ4v) is 5.25. The zero-order chi connectivity index (χ0) is 32.8. The van der Waals surface area contributed by atoms with Gasteiger partial charge in [0, 0.05) is 18.2 Å². The SMILES string of the molecule is CCC(C)N(C(=O)C(Cc1ccc(O)cc1)NC(=O)OC(C)(C)C)C(C(=O)Nc1c(C)cccc1C)c1ccc(C)cc1C. The molecule has 3 amide bonds. The molecule has 0 aliphatic rings. The summed E-state index contributed by atoms with van der Waals surface area (Å²) >= 11 is 0. The van der Waals surface area contributed by atoms with E-state index in [1.54, 1.807) is 37.8 Å². The number of ether oxygens (including phenoxy) is 1. The second-order valence-corrected chi connectivity index (χ2v) is 12.6. The molecule has 3 aromatic carbocycles. The first kappa shape index (κ1) is 34.2. The van der Waals surface area contributed by atoms with Gasteiger partial charge in [0.15, 0.2) is 0 Å². The van der Waals surface area contributed by atoms with Crippen LogP contribution in [0.1, 0.15) is 80.5 Å². The molecule has 236 valence electrons. The van der Waals surface area contributed by atoms with Gasteiger partial charge in [-0.15, -0.1) is 0 Å². The Hall–Kier alpha value is -4.33. The number of alkyl carbamates (subject to hydrolysis) is 1. The Labute approximate surface area is 261 Å². The van der Waals surface area contributed by atoms with Crippen molar-refractivity contribution in [2.75, 3.05) is 5.32 Å². The fourth-order valence-electron chi connectivity index (χ4n) is 5.25. The highest BCUT2D eigenvalue weighted by molar-refractivity contribution is 6.00. The van der Waals surface area contributed by atoms with Crippen molar-refractivity contribution < 1.29 is 24.2 Å². The molecule has 0 saturated heterocycles. The first-order valence-electron chi connectivity index (χ1n) is 15.1. The standard InChI is InChI=1S/C36H47N3O5/c1-10-26(6)39(34(42)30(37-35(43)44-36(7,8)9)21-27-15-17-28(40)18-16-27)32(29-19-14-22(2)20-25(29)5)33(41)38-31-23(3)12-11-13-24(31)4/h11-20,26,30,32,40H,10,21H2,1-9H3,(H,37,43)(H,38,41). The number of anilines is 1. The van der Waals surface area contributed by atoms with Crippen molar-refractivity contribution >= 4 is 23.6 Å². The molecule has 0 bridgehead atoms. The van der Waals surface area contributed by atoms with Gasteiger partial charge in [0.1, 0.15) is 23.4 Å². The Bertz CT molecular complexity index is 1460. The van der Waals surface area contributed by atoms with Crippen molar-refractivity contribution in [3.05, 3.63) is 94.0 Å². The molecule has 3 unspecified atom stereocenters. The van der Waals surface area contributed by atoms with Crippen LogP contribution in [-0.2, 0) is 20.7 Å². The maximum Gasteiger partial charge on any atom is 0.408 e. The molecule has 0 aliphatic heterocycles. The number of rotatable bonds is 10. The van der Waals surface area contributed by atoms with Gasteiger partial charge in [0.2, 0.25) is 5.91 Å². The number of nitrogens with one attached hydrogen (secondary N) is 2. The number of aromatic hydroxyl groups is 1. The molecular formula is C36H47N3O5. The van der Waals surface area contributed by atoms with E-state index in [-0.39, 0.29) is 24.1 Å². The average Bonchev–Trinajstić information content (AvgIpc) is 2.93. The van der Waals surface area contributed by atoms with E-state index in [4.69, 9.17) is 4.74 Å². The van der Waals surface area contributed by atoms with Crippen LogP contribution in [0.5, 0.6) is 5.75 Å². The number of aryl methyl sites for hydroxylation is 4. The van der Waals surface area contributed by atoms with E-state index in [0.717, 1.165) is 27.8 Å². The van der Waals surface area contributed by atoms with Crippen LogP contribution in [0.2, 0.25) is 0 Å². The molecule has 3 aromatic rings. The maximum absolute atomic E-state index is 14.7. The van der Waals surface area contributed by atoms with Crippen LogP contribution in [0, 0.1) is 27.7 Å². The third kappa shape index (κ3) is 8.85. The molecular weight excluding hydrogens is 554 g/mol. The molecule has 44 heavy (non-hydrogen) atoms. The topological polar surface area (TPSA) is 108 Å². The van der Waals surface area contributed by atoms with Gasteiger partial charge < -0.3 is 25.4 Å². The van der Waals surface area contributed by atoms with Crippen LogP contribution in [-0.4, -0.2) is 45.6 Å². The second-order valence-electron chi connectivity index (χ2n) is 12.6. The molecule has 8 nitrogen and oxygen atoms in total. The number of hydrogen-bond acceptors (Lipinski definition) is 5. The van der Waals surface area contributed by atoms with Gasteiger partial charge in [0.05, 0.1) is 0 Å². The van der Waals surface area contributed by atoms with E-state index >= 15 is 0 Å². The first-order valence-corrected chi connectivity index (χ1v) is 15.1. The monoisotopic (exact) mass is 601 g/mol. The zero-order valence-corrected chi connectivity index (χ0v) is 27.4. The third-order valence-electron chi connectivity index (χ3n) is 7.66. The number of phenolic OH excluding ortho intramolecular Hbond substituents is 1. The number of nitrogens with zero attached hydrogens (tertiary/aromatic N) is 1. The highest BCUT2D eigenvalue weighted by Crippen LogP contribution is 2.32. The summed E-state index contributed by atoms with van der Waals surface area (Å²) in [5.41, 5.74) is 5.10. The lowest BCUT2D eigenvalue weighted by molar-refractivity contribution is -0.143. The minimum atomic E-state index is -1.05. The van der Waals surface area contributed by atoms with Crippen molar-refractivity contribution in [1.29, 1.82) is 0 Å². The van der Waals surface area contributed by atoms with Crippen LogP contribution in [0.15, 0.2) is 60.7 Å². The molecule has 3 rings (SSSR count). The number of carbonyl (C=O) groups excluding carboxylic acids is 3. The van der Waals surface area contributed by atoms with Crippen molar-refractivity contribution in [2.24, 2.45) is 0 Å². The summed E-state index contributed by atoms with van der Waals surface area (Å²) in [4.78, 5) is 43.8. The molecule has 0 aliphatic carbocycles. The van der Waals surface area contributed by atoms with E-state index in [0.29, 0.717) is 17.7 Å². The van der Waals surface area contributed by atoms with E-state index < -0.39 is 29.7 Å². The molecule has 3 N–H and O–H groups in total. The van der Waals surface area contributed by atoms with Gasteiger partial charge in [-0.25, -0.2) is 4.79 Å². The fraction of sp³-hybridized carbons (Fsp3) is 0.417. The average molecular weight is 602 g/mol. The highest BCUT2D eigenvalue weighted by atomic mass is 16.6. The normalized spacial score (nSPS) is 13.4. The molecule has 3 atom stereocenters. The molecule has 0 heterocycles. The minimum Gasteiger partial charge on any atom is -0.508 e. The zero-order valence-electron chi connectivity index (χ0n) is 27.4. The number of carbonyl (C=O) groups is 3. The lowest BCUT2D eigenvalue weighted by atomic mass is 9.94. The van der Waals surface area contributed by atoms with Crippen LogP contribution in [0.25, 0.3) is 0 Å². The molecule has 0 aromatic heterocycles. The number of hydrogen-bond donors (Lipinski definition) is 3. The molecule has 0 spiro atoms. The Kier molecular flexibility index (Phi) is 11.2. The highest BCUT2D eigenvalue weighted by Gasteiger charge is 2.39. The van der Waals surface area contributed by atoms with Crippen molar-refractivity contribution in [2.45, 2.75) is 98.9 Å². The Morgan fingerprint density at radius 3 is 2.07 bits per heavy atom. The van der Waals surface area contributed by atoms with Crippen LogP contribution in [0.3, 0.4) is 0 Å². The Morgan fingerprint density at radius 1 is 0.909 bits per heavy atom. The van der Waals surface area contributed by atoms with Crippen LogP contribution >= 0.6 is 0 Å². The molecule has 0 radical (unpaired) electrons. The lowest BCUT2D eigenvalue weighted by Gasteiger charge is -2.39. The van der Waals surface area contributed by atoms with E-state index in [2.05, 4.69) is 10.6 Å². The summed E-state index contributed by atoms with van der Waals surface area (Å²) in [5.74, 6) is -0.667. The van der Waals surface area contributed by atoms with Gasteiger partial charge in [-0.2, -0.15) is 0 Å².